The molecule has 1 N–H and O–H groups in total. The Morgan fingerprint density at radius 2 is 1.56 bits per heavy atom. The van der Waals surface area contributed by atoms with Crippen molar-refractivity contribution in [2.24, 2.45) is 0 Å². The smallest absolute Gasteiger partial charge is 0.254 e. The zero-order valence-electron chi connectivity index (χ0n) is 14.1. The van der Waals surface area contributed by atoms with Crippen molar-refractivity contribution in [3.63, 3.8) is 0 Å². The van der Waals surface area contributed by atoms with Crippen LogP contribution < -0.4 is 5.32 Å². The van der Waals surface area contributed by atoms with Gasteiger partial charge in [0.05, 0.1) is 6.54 Å². The summed E-state index contributed by atoms with van der Waals surface area (Å²) < 4.78 is 0. The highest BCUT2D eigenvalue weighted by Gasteiger charge is 2.14. The molecule has 4 heteroatoms. The zero-order valence-corrected chi connectivity index (χ0v) is 14.1. The van der Waals surface area contributed by atoms with Crippen molar-refractivity contribution in [1.29, 1.82) is 0 Å². The predicted molar refractivity (Wildman–Crippen MR) is 99.2 cm³/mol. The van der Waals surface area contributed by atoms with Gasteiger partial charge in [0.15, 0.2) is 0 Å². The quantitative estimate of drug-likeness (QED) is 0.780. The third-order valence-electron chi connectivity index (χ3n) is 4.10. The molecule has 0 heterocycles. The van der Waals surface area contributed by atoms with E-state index in [1.54, 1.807) is 19.2 Å². The molecule has 126 valence electrons. The number of likely N-dealkylation sites (N-methyl/N-ethyl adjacent to an activating group) is 1. The van der Waals surface area contributed by atoms with Crippen molar-refractivity contribution in [3.8, 4) is 0 Å². The van der Waals surface area contributed by atoms with Gasteiger partial charge in [0.25, 0.3) is 5.91 Å². The van der Waals surface area contributed by atoms with Crippen LogP contribution in [0.25, 0.3) is 10.8 Å². The van der Waals surface area contributed by atoms with Crippen molar-refractivity contribution < 1.29 is 9.59 Å². The summed E-state index contributed by atoms with van der Waals surface area (Å²) in [6.45, 7) is 0.464. The van der Waals surface area contributed by atoms with Gasteiger partial charge in [-0.3, -0.25) is 9.59 Å². The number of carbonyl (C=O) groups is 2. The SMILES string of the molecule is CN(CC(=O)NCc1cccc2ccccc12)C(=O)c1ccccc1. The van der Waals surface area contributed by atoms with Crippen molar-refractivity contribution in [1.82, 2.24) is 10.2 Å². The van der Waals surface area contributed by atoms with Crippen LogP contribution in [-0.2, 0) is 11.3 Å². The molecule has 3 aromatic rings. The lowest BCUT2D eigenvalue weighted by molar-refractivity contribution is -0.121. The highest BCUT2D eigenvalue weighted by atomic mass is 16.2. The summed E-state index contributed by atoms with van der Waals surface area (Å²) in [6.07, 6.45) is 0. The second-order valence-corrected chi connectivity index (χ2v) is 5.94. The van der Waals surface area contributed by atoms with E-state index in [1.165, 1.54) is 4.90 Å². The molecule has 0 aromatic heterocycles. The summed E-state index contributed by atoms with van der Waals surface area (Å²) in [7, 11) is 1.63. The highest BCUT2D eigenvalue weighted by Crippen LogP contribution is 2.18. The number of hydrogen-bond acceptors (Lipinski definition) is 2. The van der Waals surface area contributed by atoms with E-state index in [0.717, 1.165) is 16.3 Å². The summed E-state index contributed by atoms with van der Waals surface area (Å²) >= 11 is 0. The summed E-state index contributed by atoms with van der Waals surface area (Å²) in [5, 5.41) is 5.16. The van der Waals surface area contributed by atoms with Crippen LogP contribution in [0, 0.1) is 0 Å². The minimum Gasteiger partial charge on any atom is -0.350 e. The van der Waals surface area contributed by atoms with Gasteiger partial charge < -0.3 is 10.2 Å². The summed E-state index contributed by atoms with van der Waals surface area (Å²) in [5.74, 6) is -0.347. The maximum atomic E-state index is 12.3. The molecule has 0 bridgehead atoms. The van der Waals surface area contributed by atoms with Crippen LogP contribution in [-0.4, -0.2) is 30.3 Å². The van der Waals surface area contributed by atoms with Crippen LogP contribution in [0.5, 0.6) is 0 Å². The molecule has 0 aliphatic carbocycles. The zero-order chi connectivity index (χ0) is 17.6. The summed E-state index contributed by atoms with van der Waals surface area (Å²) in [5.41, 5.74) is 1.63. The molecular formula is C21H20N2O2. The fourth-order valence-corrected chi connectivity index (χ4v) is 2.78. The number of benzene rings is 3. The number of fused-ring (bicyclic) bond motifs is 1. The number of hydrogen-bond donors (Lipinski definition) is 1. The van der Waals surface area contributed by atoms with Crippen LogP contribution in [0.15, 0.2) is 72.8 Å². The minimum absolute atomic E-state index is 0.0263. The summed E-state index contributed by atoms with van der Waals surface area (Å²) in [6, 6.07) is 23.1. The molecule has 4 nitrogen and oxygen atoms in total. The third kappa shape index (κ3) is 4.04. The fraction of sp³-hybridized carbons (Fsp3) is 0.143. The number of amides is 2. The Morgan fingerprint density at radius 1 is 0.880 bits per heavy atom. The maximum Gasteiger partial charge on any atom is 0.254 e. The molecule has 0 atom stereocenters. The van der Waals surface area contributed by atoms with Crippen LogP contribution >= 0.6 is 0 Å². The topological polar surface area (TPSA) is 49.4 Å². The lowest BCUT2D eigenvalue weighted by Crippen LogP contribution is -2.38. The Labute approximate surface area is 147 Å². The first-order chi connectivity index (χ1) is 12.1. The van der Waals surface area contributed by atoms with E-state index < -0.39 is 0 Å². The number of nitrogens with zero attached hydrogens (tertiary/aromatic N) is 1. The third-order valence-corrected chi connectivity index (χ3v) is 4.10. The number of carbonyl (C=O) groups excluding carboxylic acids is 2. The molecule has 0 fully saturated rings. The normalized spacial score (nSPS) is 10.4. The molecular weight excluding hydrogens is 312 g/mol. The molecule has 0 unspecified atom stereocenters. The van der Waals surface area contributed by atoms with Crippen LogP contribution in [0.4, 0.5) is 0 Å². The molecule has 3 aromatic carbocycles. The van der Waals surface area contributed by atoms with Crippen molar-refractivity contribution in [2.75, 3.05) is 13.6 Å². The van der Waals surface area contributed by atoms with E-state index in [1.807, 2.05) is 60.7 Å². The predicted octanol–water partition coefficient (Wildman–Crippen LogP) is 3.23. The van der Waals surface area contributed by atoms with Gasteiger partial charge in [0, 0.05) is 19.2 Å². The first-order valence-electron chi connectivity index (χ1n) is 8.19. The first kappa shape index (κ1) is 16.7. The van der Waals surface area contributed by atoms with E-state index in [-0.39, 0.29) is 18.4 Å². The van der Waals surface area contributed by atoms with E-state index >= 15 is 0 Å². The molecule has 0 aliphatic heterocycles. The number of rotatable bonds is 5. The second-order valence-electron chi connectivity index (χ2n) is 5.94. The van der Waals surface area contributed by atoms with Gasteiger partial charge >= 0.3 is 0 Å². The molecule has 0 saturated carbocycles. The molecule has 2 amide bonds. The van der Waals surface area contributed by atoms with Gasteiger partial charge in [-0.2, -0.15) is 0 Å². The van der Waals surface area contributed by atoms with Gasteiger partial charge in [0.2, 0.25) is 5.91 Å². The molecule has 0 radical (unpaired) electrons. The van der Waals surface area contributed by atoms with Crippen molar-refractivity contribution >= 4 is 22.6 Å². The Kier molecular flexibility index (Phi) is 5.09. The Bertz CT molecular complexity index is 885. The maximum absolute atomic E-state index is 12.3. The molecule has 25 heavy (non-hydrogen) atoms. The van der Waals surface area contributed by atoms with Gasteiger partial charge in [-0.05, 0) is 28.5 Å². The molecule has 0 saturated heterocycles. The van der Waals surface area contributed by atoms with Gasteiger partial charge in [-0.25, -0.2) is 0 Å². The fourth-order valence-electron chi connectivity index (χ4n) is 2.78. The van der Waals surface area contributed by atoms with Gasteiger partial charge in [0.1, 0.15) is 0 Å². The second kappa shape index (κ2) is 7.62. The van der Waals surface area contributed by atoms with Crippen molar-refractivity contribution in [3.05, 3.63) is 83.9 Å². The lowest BCUT2D eigenvalue weighted by atomic mass is 10.0. The molecule has 3 rings (SSSR count). The first-order valence-corrected chi connectivity index (χ1v) is 8.19. The van der Waals surface area contributed by atoms with E-state index in [4.69, 9.17) is 0 Å². The largest absolute Gasteiger partial charge is 0.350 e. The summed E-state index contributed by atoms with van der Waals surface area (Å²) in [4.78, 5) is 25.9. The van der Waals surface area contributed by atoms with Crippen LogP contribution in [0.3, 0.4) is 0 Å². The molecule has 0 spiro atoms. The van der Waals surface area contributed by atoms with E-state index in [9.17, 15) is 9.59 Å². The molecule has 0 aliphatic rings. The van der Waals surface area contributed by atoms with E-state index in [0.29, 0.717) is 12.1 Å². The van der Waals surface area contributed by atoms with Gasteiger partial charge in [-0.15, -0.1) is 0 Å². The standard InChI is InChI=1S/C21H20N2O2/c1-23(21(25)17-9-3-2-4-10-17)15-20(24)22-14-18-12-7-11-16-8-5-6-13-19(16)18/h2-13H,14-15H2,1H3,(H,22,24). The van der Waals surface area contributed by atoms with Crippen LogP contribution in [0.2, 0.25) is 0 Å². The Balaban J connectivity index is 1.60. The van der Waals surface area contributed by atoms with Crippen molar-refractivity contribution in [2.45, 2.75) is 6.54 Å². The monoisotopic (exact) mass is 332 g/mol. The number of nitrogens with one attached hydrogen (secondary N) is 1. The average Bonchev–Trinajstić information content (AvgIpc) is 2.66. The minimum atomic E-state index is -0.181. The Hall–Kier alpha value is -3.14. The lowest BCUT2D eigenvalue weighted by Gasteiger charge is -2.17. The Morgan fingerprint density at radius 3 is 2.36 bits per heavy atom. The average molecular weight is 332 g/mol. The highest BCUT2D eigenvalue weighted by molar-refractivity contribution is 5.96. The van der Waals surface area contributed by atoms with Gasteiger partial charge in [-0.1, -0.05) is 60.7 Å². The van der Waals surface area contributed by atoms with E-state index in [2.05, 4.69) is 5.32 Å². The van der Waals surface area contributed by atoms with Crippen LogP contribution in [0.1, 0.15) is 15.9 Å².